The average molecular weight is 421 g/mol. The van der Waals surface area contributed by atoms with Crippen LogP contribution in [-0.2, 0) is 25.5 Å². The standard InChI is InChI=1S/C19H23N3O8/c1-5-28-16(29-6-2)11-22-10-15(20-21-22)19(25)30-14-8-12(17(23)26-3)7-13(9-14)18(24)27-4/h7-10,16H,5-6,11H2,1-4H3. The zero-order valence-electron chi connectivity index (χ0n) is 17.1. The number of methoxy groups -OCH3 is 2. The summed E-state index contributed by atoms with van der Waals surface area (Å²) in [6.45, 7) is 4.80. The van der Waals surface area contributed by atoms with E-state index in [1.807, 2.05) is 13.8 Å². The quantitative estimate of drug-likeness (QED) is 0.316. The minimum Gasteiger partial charge on any atom is -0.465 e. The molecular weight excluding hydrogens is 398 g/mol. The normalized spacial score (nSPS) is 10.7. The van der Waals surface area contributed by atoms with Crippen LogP contribution in [0.4, 0.5) is 0 Å². The molecule has 0 aliphatic heterocycles. The Morgan fingerprint density at radius 3 is 2.00 bits per heavy atom. The maximum atomic E-state index is 12.4. The maximum Gasteiger partial charge on any atom is 0.365 e. The topological polar surface area (TPSA) is 128 Å². The Balaban J connectivity index is 2.18. The molecular formula is C19H23N3O8. The summed E-state index contributed by atoms with van der Waals surface area (Å²) in [5.74, 6) is -2.30. The highest BCUT2D eigenvalue weighted by molar-refractivity contribution is 5.96. The molecule has 0 spiro atoms. The van der Waals surface area contributed by atoms with Crippen molar-refractivity contribution in [3.63, 3.8) is 0 Å². The fourth-order valence-electron chi connectivity index (χ4n) is 2.45. The van der Waals surface area contributed by atoms with Crippen molar-refractivity contribution in [3.05, 3.63) is 41.2 Å². The fraction of sp³-hybridized carbons (Fsp3) is 0.421. The van der Waals surface area contributed by atoms with E-state index in [0.29, 0.717) is 13.2 Å². The van der Waals surface area contributed by atoms with Crippen LogP contribution in [0.2, 0.25) is 0 Å². The van der Waals surface area contributed by atoms with Gasteiger partial charge in [-0.1, -0.05) is 5.21 Å². The van der Waals surface area contributed by atoms with Gasteiger partial charge in [0.2, 0.25) is 0 Å². The lowest BCUT2D eigenvalue weighted by Crippen LogP contribution is -2.24. The molecule has 1 heterocycles. The van der Waals surface area contributed by atoms with Gasteiger partial charge in [-0.25, -0.2) is 19.1 Å². The zero-order valence-corrected chi connectivity index (χ0v) is 17.1. The van der Waals surface area contributed by atoms with Crippen molar-refractivity contribution in [3.8, 4) is 5.75 Å². The Morgan fingerprint density at radius 1 is 0.933 bits per heavy atom. The molecule has 0 amide bonds. The highest BCUT2D eigenvalue weighted by atomic mass is 16.7. The Morgan fingerprint density at radius 2 is 1.50 bits per heavy atom. The van der Waals surface area contributed by atoms with Gasteiger partial charge in [0.05, 0.1) is 38.1 Å². The van der Waals surface area contributed by atoms with Crippen molar-refractivity contribution in [1.82, 2.24) is 15.0 Å². The first-order valence-electron chi connectivity index (χ1n) is 9.09. The summed E-state index contributed by atoms with van der Waals surface area (Å²) in [7, 11) is 2.38. The number of carbonyl (C=O) groups excluding carboxylic acids is 3. The largest absolute Gasteiger partial charge is 0.465 e. The summed E-state index contributed by atoms with van der Waals surface area (Å²) in [6.07, 6.45) is 0.837. The molecule has 0 saturated heterocycles. The van der Waals surface area contributed by atoms with Gasteiger partial charge < -0.3 is 23.7 Å². The molecule has 1 aromatic heterocycles. The highest BCUT2D eigenvalue weighted by Crippen LogP contribution is 2.20. The first-order valence-corrected chi connectivity index (χ1v) is 9.09. The summed E-state index contributed by atoms with van der Waals surface area (Å²) in [4.78, 5) is 36.1. The number of nitrogens with zero attached hydrogens (tertiary/aromatic N) is 3. The van der Waals surface area contributed by atoms with E-state index >= 15 is 0 Å². The number of hydrogen-bond acceptors (Lipinski definition) is 10. The molecule has 0 N–H and O–H groups in total. The van der Waals surface area contributed by atoms with Gasteiger partial charge in [-0.2, -0.15) is 0 Å². The molecule has 162 valence electrons. The second kappa shape index (κ2) is 11.0. The second-order valence-corrected chi connectivity index (χ2v) is 5.78. The molecule has 2 aromatic rings. The van der Waals surface area contributed by atoms with E-state index in [-0.39, 0.29) is 29.1 Å². The molecule has 11 heteroatoms. The molecule has 0 fully saturated rings. The van der Waals surface area contributed by atoms with E-state index < -0.39 is 24.2 Å². The molecule has 0 aliphatic carbocycles. The summed E-state index contributed by atoms with van der Waals surface area (Å²) in [5, 5.41) is 7.64. The minimum absolute atomic E-state index is 0.0168. The van der Waals surface area contributed by atoms with Crippen LogP contribution in [0.5, 0.6) is 5.75 Å². The third-order valence-corrected chi connectivity index (χ3v) is 3.75. The van der Waals surface area contributed by atoms with Gasteiger partial charge in [0.1, 0.15) is 5.75 Å². The number of hydrogen-bond donors (Lipinski definition) is 0. The number of carbonyl (C=O) groups is 3. The van der Waals surface area contributed by atoms with Crippen LogP contribution < -0.4 is 4.74 Å². The van der Waals surface area contributed by atoms with E-state index in [4.69, 9.17) is 14.2 Å². The molecule has 11 nitrogen and oxygen atoms in total. The predicted molar refractivity (Wildman–Crippen MR) is 101 cm³/mol. The minimum atomic E-state index is -0.830. The van der Waals surface area contributed by atoms with Crippen LogP contribution in [0.25, 0.3) is 0 Å². The first-order chi connectivity index (χ1) is 14.4. The van der Waals surface area contributed by atoms with E-state index in [0.717, 1.165) is 0 Å². The maximum absolute atomic E-state index is 12.4. The molecule has 30 heavy (non-hydrogen) atoms. The third-order valence-electron chi connectivity index (χ3n) is 3.75. The molecule has 0 saturated carbocycles. The van der Waals surface area contributed by atoms with Gasteiger partial charge in [0.15, 0.2) is 12.0 Å². The van der Waals surface area contributed by atoms with Crippen molar-refractivity contribution in [2.75, 3.05) is 27.4 Å². The monoisotopic (exact) mass is 421 g/mol. The first kappa shape index (κ1) is 23.0. The van der Waals surface area contributed by atoms with Crippen molar-refractivity contribution < 1.29 is 38.1 Å². The smallest absolute Gasteiger partial charge is 0.365 e. The predicted octanol–water partition coefficient (Wildman–Crippen LogP) is 1.47. The lowest BCUT2D eigenvalue weighted by Gasteiger charge is -2.16. The van der Waals surface area contributed by atoms with Crippen LogP contribution >= 0.6 is 0 Å². The van der Waals surface area contributed by atoms with Gasteiger partial charge in [-0.3, -0.25) is 0 Å². The number of rotatable bonds is 10. The Kier molecular flexibility index (Phi) is 8.44. The lowest BCUT2D eigenvalue weighted by molar-refractivity contribution is -0.145. The molecule has 0 unspecified atom stereocenters. The van der Waals surface area contributed by atoms with Crippen molar-refractivity contribution in [2.24, 2.45) is 0 Å². The van der Waals surface area contributed by atoms with Crippen LogP contribution in [0.3, 0.4) is 0 Å². The Bertz CT molecular complexity index is 855. The van der Waals surface area contributed by atoms with Crippen LogP contribution in [0.1, 0.15) is 45.1 Å². The van der Waals surface area contributed by atoms with Crippen molar-refractivity contribution >= 4 is 17.9 Å². The van der Waals surface area contributed by atoms with Crippen LogP contribution in [0, 0.1) is 0 Å². The Hall–Kier alpha value is -3.31. The Labute approximate surface area is 172 Å². The van der Waals surface area contributed by atoms with Gasteiger partial charge >= 0.3 is 17.9 Å². The van der Waals surface area contributed by atoms with Crippen LogP contribution in [0.15, 0.2) is 24.4 Å². The molecule has 0 bridgehead atoms. The molecule has 2 rings (SSSR count). The highest BCUT2D eigenvalue weighted by Gasteiger charge is 2.19. The molecule has 1 aromatic carbocycles. The third kappa shape index (κ3) is 6.09. The van der Waals surface area contributed by atoms with Gasteiger partial charge in [-0.05, 0) is 32.0 Å². The van der Waals surface area contributed by atoms with E-state index in [9.17, 15) is 14.4 Å². The van der Waals surface area contributed by atoms with Crippen LogP contribution in [-0.4, -0.2) is 66.6 Å². The zero-order chi connectivity index (χ0) is 22.1. The van der Waals surface area contributed by atoms with E-state index in [1.54, 1.807) is 0 Å². The summed E-state index contributed by atoms with van der Waals surface area (Å²) in [6, 6.07) is 3.80. The second-order valence-electron chi connectivity index (χ2n) is 5.78. The molecule has 0 atom stereocenters. The number of esters is 3. The lowest BCUT2D eigenvalue weighted by atomic mass is 10.1. The van der Waals surface area contributed by atoms with E-state index in [2.05, 4.69) is 19.8 Å². The summed E-state index contributed by atoms with van der Waals surface area (Å²) < 4.78 is 26.8. The van der Waals surface area contributed by atoms with E-state index in [1.165, 1.54) is 43.3 Å². The van der Waals surface area contributed by atoms with Crippen molar-refractivity contribution in [2.45, 2.75) is 26.7 Å². The van der Waals surface area contributed by atoms with Gasteiger partial charge in [-0.15, -0.1) is 5.10 Å². The number of aromatic nitrogens is 3. The summed E-state index contributed by atoms with van der Waals surface area (Å²) >= 11 is 0. The van der Waals surface area contributed by atoms with Crippen molar-refractivity contribution in [1.29, 1.82) is 0 Å². The number of ether oxygens (including phenoxy) is 5. The molecule has 0 aliphatic rings. The van der Waals surface area contributed by atoms with Gasteiger partial charge in [0.25, 0.3) is 0 Å². The number of benzene rings is 1. The SMILES string of the molecule is CCOC(Cn1cc(C(=O)Oc2cc(C(=O)OC)cc(C(=O)OC)c2)nn1)OCC. The average Bonchev–Trinajstić information content (AvgIpc) is 3.21. The fourth-order valence-corrected chi connectivity index (χ4v) is 2.45. The molecule has 0 radical (unpaired) electrons. The van der Waals surface area contributed by atoms with Gasteiger partial charge in [0, 0.05) is 13.2 Å². The summed E-state index contributed by atoms with van der Waals surface area (Å²) in [5.41, 5.74) is -0.0453.